The van der Waals surface area contributed by atoms with E-state index in [1.165, 1.54) is 36.3 Å². The number of ether oxygens (including phenoxy) is 1. The molecule has 1 saturated heterocycles. The van der Waals surface area contributed by atoms with Gasteiger partial charge in [0.25, 0.3) is 17.4 Å². The van der Waals surface area contributed by atoms with E-state index in [0.717, 1.165) is 12.0 Å². The van der Waals surface area contributed by atoms with Gasteiger partial charge in [0.05, 0.1) is 23.6 Å². The van der Waals surface area contributed by atoms with Crippen LogP contribution in [-0.2, 0) is 16.0 Å². The fourth-order valence-corrected chi connectivity index (χ4v) is 4.04. The normalized spacial score (nSPS) is 17.1. The average molecular weight is 458 g/mol. The number of nitro groups is 1. The Bertz CT molecular complexity index is 1310. The van der Waals surface area contributed by atoms with E-state index in [4.69, 9.17) is 4.74 Å². The number of carbonyl (C=O) groups is 2. The topological polar surface area (TPSA) is 110 Å². The maximum atomic E-state index is 13.2. The molecule has 172 valence electrons. The van der Waals surface area contributed by atoms with Crippen molar-refractivity contribution in [1.29, 1.82) is 0 Å². The summed E-state index contributed by atoms with van der Waals surface area (Å²) < 4.78 is 5.32. The summed E-state index contributed by atoms with van der Waals surface area (Å²) in [7, 11) is 1.50. The van der Waals surface area contributed by atoms with Crippen LogP contribution in [-0.4, -0.2) is 28.8 Å². The molecule has 1 heterocycles. The van der Waals surface area contributed by atoms with Crippen molar-refractivity contribution in [3.05, 3.63) is 105 Å². The van der Waals surface area contributed by atoms with Crippen LogP contribution >= 0.6 is 0 Å². The highest BCUT2D eigenvalue weighted by Crippen LogP contribution is 2.43. The van der Waals surface area contributed by atoms with E-state index in [1.54, 1.807) is 36.4 Å². The van der Waals surface area contributed by atoms with Crippen LogP contribution in [0.4, 0.5) is 11.4 Å². The number of anilines is 1. The number of aliphatic hydroxyl groups is 1. The summed E-state index contributed by atoms with van der Waals surface area (Å²) in [5, 5.41) is 22.4. The van der Waals surface area contributed by atoms with Gasteiger partial charge in [-0.1, -0.05) is 43.3 Å². The Labute approximate surface area is 195 Å². The van der Waals surface area contributed by atoms with Gasteiger partial charge in [-0.2, -0.15) is 0 Å². The molecule has 0 aliphatic carbocycles. The number of carbonyl (C=O) groups excluding carboxylic acids is 2. The SMILES string of the molecule is CCc1ccc(N2C(=O)C(=O)/C(=C(\O)c3cccc([N+](=O)[O-])c3)C2c2cccc(OC)c2)cc1. The van der Waals surface area contributed by atoms with Crippen molar-refractivity contribution >= 4 is 28.8 Å². The predicted octanol–water partition coefficient (Wildman–Crippen LogP) is 4.79. The molecule has 0 spiro atoms. The fraction of sp³-hybridized carbons (Fsp3) is 0.154. The lowest BCUT2D eigenvalue weighted by atomic mass is 9.94. The molecule has 1 aliphatic heterocycles. The van der Waals surface area contributed by atoms with Crippen LogP contribution in [0.2, 0.25) is 0 Å². The number of nitrogens with zero attached hydrogens (tertiary/aromatic N) is 2. The Hall–Kier alpha value is -4.46. The van der Waals surface area contributed by atoms with Crippen molar-refractivity contribution in [3.8, 4) is 5.75 Å². The standard InChI is InChI=1S/C26H22N2O6/c1-3-16-10-12-19(13-11-16)27-23(17-6-5-9-21(15-17)34-2)22(25(30)26(27)31)24(29)18-7-4-8-20(14-18)28(32)33/h4-15,23,29H,3H2,1-2H3/b24-22-. The highest BCUT2D eigenvalue weighted by molar-refractivity contribution is 6.51. The Kier molecular flexibility index (Phi) is 6.14. The highest BCUT2D eigenvalue weighted by atomic mass is 16.6. The Balaban J connectivity index is 1.94. The number of Topliss-reactive ketones (excluding diaryl/α,β-unsaturated/α-hetero) is 1. The minimum Gasteiger partial charge on any atom is -0.507 e. The van der Waals surface area contributed by atoms with Gasteiger partial charge in [0, 0.05) is 23.4 Å². The molecule has 0 aromatic heterocycles. The second kappa shape index (κ2) is 9.19. The van der Waals surface area contributed by atoms with Crippen LogP contribution in [0.3, 0.4) is 0 Å². The molecule has 1 unspecified atom stereocenters. The second-order valence-corrected chi connectivity index (χ2v) is 7.77. The van der Waals surface area contributed by atoms with Crippen molar-refractivity contribution in [2.75, 3.05) is 12.0 Å². The number of methoxy groups -OCH3 is 1. The molecule has 8 nitrogen and oxygen atoms in total. The Morgan fingerprint density at radius 3 is 2.41 bits per heavy atom. The van der Waals surface area contributed by atoms with Crippen LogP contribution < -0.4 is 9.64 Å². The number of non-ortho nitro benzene ring substituents is 1. The average Bonchev–Trinajstić information content (AvgIpc) is 3.14. The zero-order chi connectivity index (χ0) is 24.4. The molecular weight excluding hydrogens is 436 g/mol. The number of benzene rings is 3. The van der Waals surface area contributed by atoms with E-state index >= 15 is 0 Å². The lowest BCUT2D eigenvalue weighted by molar-refractivity contribution is -0.384. The van der Waals surface area contributed by atoms with Crippen LogP contribution in [0, 0.1) is 10.1 Å². The quantitative estimate of drug-likeness (QED) is 0.187. The molecule has 1 N–H and O–H groups in total. The summed E-state index contributed by atoms with van der Waals surface area (Å²) in [6, 6.07) is 18.5. The highest BCUT2D eigenvalue weighted by Gasteiger charge is 2.47. The number of nitro benzene ring substituents is 1. The molecule has 1 fully saturated rings. The van der Waals surface area contributed by atoms with E-state index in [-0.39, 0.29) is 16.8 Å². The Morgan fingerprint density at radius 2 is 1.76 bits per heavy atom. The summed E-state index contributed by atoms with van der Waals surface area (Å²) in [5.74, 6) is -1.65. The Morgan fingerprint density at radius 1 is 1.06 bits per heavy atom. The molecule has 1 atom stereocenters. The number of ketones is 1. The van der Waals surface area contributed by atoms with Crippen molar-refractivity contribution in [2.24, 2.45) is 0 Å². The van der Waals surface area contributed by atoms with Gasteiger partial charge in [0.15, 0.2) is 0 Å². The summed E-state index contributed by atoms with van der Waals surface area (Å²) in [5.41, 5.74) is 1.77. The number of hydrogen-bond acceptors (Lipinski definition) is 6. The molecule has 8 heteroatoms. The molecule has 3 aromatic carbocycles. The molecular formula is C26H22N2O6. The summed E-state index contributed by atoms with van der Waals surface area (Å²) in [6.07, 6.45) is 0.811. The van der Waals surface area contributed by atoms with E-state index in [9.17, 15) is 24.8 Å². The molecule has 1 amide bonds. The zero-order valence-electron chi connectivity index (χ0n) is 18.6. The van der Waals surface area contributed by atoms with Gasteiger partial charge in [-0.15, -0.1) is 0 Å². The summed E-state index contributed by atoms with van der Waals surface area (Å²) >= 11 is 0. The van der Waals surface area contributed by atoms with Gasteiger partial charge < -0.3 is 9.84 Å². The lowest BCUT2D eigenvalue weighted by Gasteiger charge is -2.26. The van der Waals surface area contributed by atoms with Crippen molar-refractivity contribution < 1.29 is 24.4 Å². The van der Waals surface area contributed by atoms with Gasteiger partial charge >= 0.3 is 0 Å². The van der Waals surface area contributed by atoms with Crippen LogP contribution in [0.15, 0.2) is 78.4 Å². The fourth-order valence-electron chi connectivity index (χ4n) is 4.04. The second-order valence-electron chi connectivity index (χ2n) is 7.77. The maximum absolute atomic E-state index is 13.2. The summed E-state index contributed by atoms with van der Waals surface area (Å²) in [4.78, 5) is 38.4. The molecule has 34 heavy (non-hydrogen) atoms. The lowest BCUT2D eigenvalue weighted by Crippen LogP contribution is -2.29. The monoisotopic (exact) mass is 458 g/mol. The third-order valence-corrected chi connectivity index (χ3v) is 5.81. The molecule has 3 aromatic rings. The molecule has 1 aliphatic rings. The minimum absolute atomic E-state index is 0.0708. The van der Waals surface area contributed by atoms with E-state index in [1.807, 2.05) is 19.1 Å². The van der Waals surface area contributed by atoms with Crippen LogP contribution in [0.5, 0.6) is 5.75 Å². The van der Waals surface area contributed by atoms with Gasteiger partial charge in [-0.25, -0.2) is 0 Å². The first-order valence-corrected chi connectivity index (χ1v) is 10.6. The summed E-state index contributed by atoms with van der Waals surface area (Å²) in [6.45, 7) is 2.01. The van der Waals surface area contributed by atoms with Crippen LogP contribution in [0.1, 0.15) is 29.7 Å². The number of aliphatic hydroxyl groups excluding tert-OH is 1. The van der Waals surface area contributed by atoms with Crippen molar-refractivity contribution in [2.45, 2.75) is 19.4 Å². The smallest absolute Gasteiger partial charge is 0.300 e. The zero-order valence-corrected chi connectivity index (χ0v) is 18.6. The van der Waals surface area contributed by atoms with E-state index in [0.29, 0.717) is 17.0 Å². The first kappa shape index (κ1) is 22.7. The van der Waals surface area contributed by atoms with Gasteiger partial charge in [0.1, 0.15) is 11.5 Å². The first-order chi connectivity index (χ1) is 16.3. The third kappa shape index (κ3) is 4.01. The number of aryl methyl sites for hydroxylation is 1. The van der Waals surface area contributed by atoms with Crippen LogP contribution in [0.25, 0.3) is 5.76 Å². The van der Waals surface area contributed by atoms with Crippen molar-refractivity contribution in [1.82, 2.24) is 0 Å². The van der Waals surface area contributed by atoms with Crippen molar-refractivity contribution in [3.63, 3.8) is 0 Å². The molecule has 4 rings (SSSR count). The number of hydrogen-bond donors (Lipinski definition) is 1. The van der Waals surface area contributed by atoms with Gasteiger partial charge in [0.2, 0.25) is 0 Å². The predicted molar refractivity (Wildman–Crippen MR) is 127 cm³/mol. The third-order valence-electron chi connectivity index (χ3n) is 5.81. The number of amides is 1. The molecule has 0 saturated carbocycles. The van der Waals surface area contributed by atoms with Gasteiger partial charge in [-0.3, -0.25) is 24.6 Å². The largest absolute Gasteiger partial charge is 0.507 e. The first-order valence-electron chi connectivity index (χ1n) is 10.6. The minimum atomic E-state index is -0.957. The maximum Gasteiger partial charge on any atom is 0.300 e. The number of rotatable bonds is 6. The van der Waals surface area contributed by atoms with E-state index in [2.05, 4.69) is 0 Å². The molecule has 0 bridgehead atoms. The van der Waals surface area contributed by atoms with E-state index < -0.39 is 28.4 Å². The van der Waals surface area contributed by atoms with Gasteiger partial charge in [-0.05, 0) is 41.8 Å². The molecule has 0 radical (unpaired) electrons.